The largest absolute Gasteiger partial charge is 0.357 e. The highest BCUT2D eigenvalue weighted by atomic mass is 127. The van der Waals surface area contributed by atoms with Crippen LogP contribution in [0.15, 0.2) is 29.3 Å². The number of benzene rings is 1. The van der Waals surface area contributed by atoms with Gasteiger partial charge in [0.2, 0.25) is 0 Å². The van der Waals surface area contributed by atoms with E-state index >= 15 is 0 Å². The van der Waals surface area contributed by atoms with Crippen LogP contribution in [0.1, 0.15) is 44.2 Å². The van der Waals surface area contributed by atoms with E-state index in [1.807, 2.05) is 0 Å². The fourth-order valence-corrected chi connectivity index (χ4v) is 3.11. The number of nitrogens with one attached hydrogen (secondary N) is 2. The second kappa shape index (κ2) is 14.2. The molecule has 2 rings (SSSR count). The van der Waals surface area contributed by atoms with Crippen LogP contribution in [0.3, 0.4) is 0 Å². The Kier molecular flexibility index (Phi) is 12.7. The summed E-state index contributed by atoms with van der Waals surface area (Å²) in [5.74, 6) is 0.921. The van der Waals surface area contributed by atoms with E-state index in [9.17, 15) is 0 Å². The van der Waals surface area contributed by atoms with Gasteiger partial charge in [0.25, 0.3) is 0 Å². The van der Waals surface area contributed by atoms with E-state index in [1.165, 1.54) is 43.5 Å². The van der Waals surface area contributed by atoms with E-state index in [0.717, 1.165) is 45.2 Å². The lowest BCUT2D eigenvalue weighted by atomic mass is 10.1. The first-order chi connectivity index (χ1) is 12.7. The number of rotatable bonds is 9. The van der Waals surface area contributed by atoms with Crippen LogP contribution in [0.4, 0.5) is 0 Å². The summed E-state index contributed by atoms with van der Waals surface area (Å²) in [7, 11) is 2.20. The van der Waals surface area contributed by atoms with Crippen molar-refractivity contribution in [2.75, 3.05) is 46.3 Å². The minimum absolute atomic E-state index is 0. The van der Waals surface area contributed by atoms with Crippen LogP contribution >= 0.6 is 24.0 Å². The first kappa shape index (κ1) is 24.2. The number of guanidine groups is 1. The molecule has 6 heteroatoms. The summed E-state index contributed by atoms with van der Waals surface area (Å²) in [5.41, 5.74) is 2.66. The second-order valence-electron chi connectivity index (χ2n) is 7.22. The summed E-state index contributed by atoms with van der Waals surface area (Å²) in [6.07, 6.45) is 3.71. The molecule has 0 aliphatic carbocycles. The van der Waals surface area contributed by atoms with Crippen LogP contribution in [0.5, 0.6) is 0 Å². The van der Waals surface area contributed by atoms with Gasteiger partial charge in [0, 0.05) is 45.8 Å². The van der Waals surface area contributed by atoms with Gasteiger partial charge in [-0.25, -0.2) is 4.99 Å². The second-order valence-corrected chi connectivity index (χ2v) is 7.22. The van der Waals surface area contributed by atoms with Crippen molar-refractivity contribution in [1.82, 2.24) is 20.4 Å². The lowest BCUT2D eigenvalue weighted by Crippen LogP contribution is -2.43. The lowest BCUT2D eigenvalue weighted by molar-refractivity contribution is 0.148. The summed E-state index contributed by atoms with van der Waals surface area (Å²) in [6.45, 7) is 12.7. The summed E-state index contributed by atoms with van der Waals surface area (Å²) >= 11 is 0. The minimum atomic E-state index is 0. The standard InChI is InChI=1S/C21H37N5.HI/c1-4-6-7-12-23-21(22-5-2)24-17-19-8-10-20(11-9-19)18-26-15-13-25(3)14-16-26;/h8-11H,4-7,12-18H2,1-3H3,(H2,22,23,24);1H. The molecular formula is C21H38IN5. The molecule has 5 nitrogen and oxygen atoms in total. The highest BCUT2D eigenvalue weighted by Gasteiger charge is 2.13. The maximum Gasteiger partial charge on any atom is 0.191 e. The molecule has 1 saturated heterocycles. The maximum atomic E-state index is 4.71. The molecule has 0 radical (unpaired) electrons. The van der Waals surface area contributed by atoms with Gasteiger partial charge in [-0.15, -0.1) is 24.0 Å². The van der Waals surface area contributed by atoms with Crippen LogP contribution in [-0.2, 0) is 13.1 Å². The molecule has 0 unspecified atom stereocenters. The number of aliphatic imine (C=N–C) groups is 1. The van der Waals surface area contributed by atoms with E-state index in [2.05, 4.69) is 65.6 Å². The Morgan fingerprint density at radius 1 is 0.963 bits per heavy atom. The molecule has 0 amide bonds. The highest BCUT2D eigenvalue weighted by Crippen LogP contribution is 2.10. The van der Waals surface area contributed by atoms with Gasteiger partial charge in [-0.05, 0) is 31.5 Å². The van der Waals surface area contributed by atoms with Crippen LogP contribution in [0.2, 0.25) is 0 Å². The highest BCUT2D eigenvalue weighted by molar-refractivity contribution is 14.0. The molecule has 0 saturated carbocycles. The van der Waals surface area contributed by atoms with Gasteiger partial charge in [0.15, 0.2) is 5.96 Å². The Morgan fingerprint density at radius 3 is 2.26 bits per heavy atom. The molecule has 1 aliphatic heterocycles. The first-order valence-corrected chi connectivity index (χ1v) is 10.2. The van der Waals surface area contributed by atoms with Crippen molar-refractivity contribution >= 4 is 29.9 Å². The normalized spacial score (nSPS) is 16.0. The van der Waals surface area contributed by atoms with Gasteiger partial charge in [-0.2, -0.15) is 0 Å². The molecule has 0 aromatic heterocycles. The predicted molar refractivity (Wildman–Crippen MR) is 127 cm³/mol. The smallest absolute Gasteiger partial charge is 0.191 e. The molecule has 154 valence electrons. The van der Waals surface area contributed by atoms with Crippen LogP contribution in [0.25, 0.3) is 0 Å². The third-order valence-corrected chi connectivity index (χ3v) is 4.86. The zero-order valence-electron chi connectivity index (χ0n) is 17.3. The zero-order valence-corrected chi connectivity index (χ0v) is 19.7. The quantitative estimate of drug-likeness (QED) is 0.243. The van der Waals surface area contributed by atoms with Crippen molar-refractivity contribution in [2.24, 2.45) is 4.99 Å². The SMILES string of the molecule is CCCCCNC(=NCc1ccc(CN2CCN(C)CC2)cc1)NCC.I. The predicted octanol–water partition coefficient (Wildman–Crippen LogP) is 3.30. The van der Waals surface area contributed by atoms with E-state index in [-0.39, 0.29) is 24.0 Å². The third-order valence-electron chi connectivity index (χ3n) is 4.86. The minimum Gasteiger partial charge on any atom is -0.357 e. The topological polar surface area (TPSA) is 42.9 Å². The van der Waals surface area contributed by atoms with Gasteiger partial charge in [-0.3, -0.25) is 4.90 Å². The number of hydrogen-bond donors (Lipinski definition) is 2. The summed E-state index contributed by atoms with van der Waals surface area (Å²) < 4.78 is 0. The lowest BCUT2D eigenvalue weighted by Gasteiger charge is -2.32. The Balaban J connectivity index is 0.00000364. The number of hydrogen-bond acceptors (Lipinski definition) is 3. The van der Waals surface area contributed by atoms with E-state index in [4.69, 9.17) is 4.99 Å². The summed E-state index contributed by atoms with van der Waals surface area (Å²) in [5, 5.41) is 6.75. The average Bonchev–Trinajstić information content (AvgIpc) is 2.66. The zero-order chi connectivity index (χ0) is 18.6. The first-order valence-electron chi connectivity index (χ1n) is 10.2. The van der Waals surface area contributed by atoms with Crippen LogP contribution < -0.4 is 10.6 Å². The molecule has 1 heterocycles. The number of likely N-dealkylation sites (N-methyl/N-ethyl adjacent to an activating group) is 1. The molecule has 1 fully saturated rings. The fraction of sp³-hybridized carbons (Fsp3) is 0.667. The van der Waals surface area contributed by atoms with Gasteiger partial charge >= 0.3 is 0 Å². The van der Waals surface area contributed by atoms with E-state index < -0.39 is 0 Å². The van der Waals surface area contributed by atoms with Gasteiger partial charge in [0.05, 0.1) is 6.54 Å². The van der Waals surface area contributed by atoms with Crippen molar-refractivity contribution in [3.63, 3.8) is 0 Å². The van der Waals surface area contributed by atoms with Crippen LogP contribution in [0, 0.1) is 0 Å². The van der Waals surface area contributed by atoms with Gasteiger partial charge in [0.1, 0.15) is 0 Å². The molecule has 0 bridgehead atoms. The molecule has 1 aliphatic rings. The number of unbranched alkanes of at least 4 members (excludes halogenated alkanes) is 2. The van der Waals surface area contributed by atoms with Crippen molar-refractivity contribution in [3.8, 4) is 0 Å². The number of halogens is 1. The Labute approximate surface area is 183 Å². The van der Waals surface area contributed by atoms with Gasteiger partial charge < -0.3 is 15.5 Å². The molecule has 0 atom stereocenters. The summed E-state index contributed by atoms with van der Waals surface area (Å²) in [4.78, 5) is 9.65. The Morgan fingerprint density at radius 2 is 1.63 bits per heavy atom. The number of piperazine rings is 1. The van der Waals surface area contributed by atoms with Crippen molar-refractivity contribution < 1.29 is 0 Å². The molecule has 1 aromatic rings. The fourth-order valence-electron chi connectivity index (χ4n) is 3.11. The van der Waals surface area contributed by atoms with Gasteiger partial charge in [-0.1, -0.05) is 44.0 Å². The summed E-state index contributed by atoms with van der Waals surface area (Å²) in [6, 6.07) is 8.95. The molecule has 2 N–H and O–H groups in total. The maximum absolute atomic E-state index is 4.71. The molecule has 27 heavy (non-hydrogen) atoms. The van der Waals surface area contributed by atoms with Crippen molar-refractivity contribution in [3.05, 3.63) is 35.4 Å². The average molecular weight is 487 g/mol. The monoisotopic (exact) mass is 487 g/mol. The van der Waals surface area contributed by atoms with E-state index in [1.54, 1.807) is 0 Å². The third kappa shape index (κ3) is 9.76. The molecular weight excluding hydrogens is 449 g/mol. The number of nitrogens with zero attached hydrogens (tertiary/aromatic N) is 3. The molecule has 1 aromatic carbocycles. The van der Waals surface area contributed by atoms with Crippen molar-refractivity contribution in [2.45, 2.75) is 46.2 Å². The Hall–Kier alpha value is -0.860. The van der Waals surface area contributed by atoms with Crippen LogP contribution in [-0.4, -0.2) is 62.1 Å². The van der Waals surface area contributed by atoms with E-state index in [0.29, 0.717) is 0 Å². The van der Waals surface area contributed by atoms with Crippen molar-refractivity contribution in [1.29, 1.82) is 0 Å². The Bertz CT molecular complexity index is 524. The molecule has 0 spiro atoms.